The quantitative estimate of drug-likeness (QED) is 0.626. The number of nitrogens with zero attached hydrogens (tertiary/aromatic N) is 1. The molecule has 0 aliphatic heterocycles. The van der Waals surface area contributed by atoms with Gasteiger partial charge < -0.3 is 5.73 Å². The van der Waals surface area contributed by atoms with Gasteiger partial charge in [-0.2, -0.15) is 0 Å². The van der Waals surface area contributed by atoms with Crippen molar-refractivity contribution in [2.75, 3.05) is 6.54 Å². The summed E-state index contributed by atoms with van der Waals surface area (Å²) in [5.41, 5.74) is 5.27. The van der Waals surface area contributed by atoms with Gasteiger partial charge in [0.1, 0.15) is 5.82 Å². The number of pyridine rings is 1. The molecule has 0 unspecified atom stereocenters. The van der Waals surface area contributed by atoms with Crippen molar-refractivity contribution in [1.29, 1.82) is 0 Å². The lowest BCUT2D eigenvalue weighted by molar-refractivity contribution is 0.100. The second-order valence-electron chi connectivity index (χ2n) is 2.02. The lowest BCUT2D eigenvalue weighted by atomic mass is 10.2. The Labute approximate surface area is 63.0 Å². The smallest absolute Gasteiger partial charge is 0.178 e. The van der Waals surface area contributed by atoms with Gasteiger partial charge in [0, 0.05) is 11.8 Å². The minimum Gasteiger partial charge on any atom is -0.324 e. The van der Waals surface area contributed by atoms with E-state index < -0.39 is 5.82 Å². The Morgan fingerprint density at radius 3 is 2.91 bits per heavy atom. The van der Waals surface area contributed by atoms with Crippen molar-refractivity contribution in [1.82, 2.24) is 4.98 Å². The molecule has 0 aromatic carbocycles. The molecule has 4 heteroatoms. The first-order valence-electron chi connectivity index (χ1n) is 3.08. The largest absolute Gasteiger partial charge is 0.324 e. The first-order valence-corrected chi connectivity index (χ1v) is 3.08. The van der Waals surface area contributed by atoms with Crippen LogP contribution in [0, 0.1) is 5.82 Å². The molecule has 1 heterocycles. The molecule has 3 nitrogen and oxygen atoms in total. The van der Waals surface area contributed by atoms with Crippen LogP contribution in [0.4, 0.5) is 4.39 Å². The van der Waals surface area contributed by atoms with E-state index in [-0.39, 0.29) is 17.9 Å². The van der Waals surface area contributed by atoms with Gasteiger partial charge in [-0.3, -0.25) is 9.78 Å². The Bertz CT molecular complexity index is 275. The van der Waals surface area contributed by atoms with Crippen LogP contribution < -0.4 is 5.73 Å². The van der Waals surface area contributed by atoms with Gasteiger partial charge in [0.25, 0.3) is 0 Å². The van der Waals surface area contributed by atoms with E-state index in [1.807, 2.05) is 0 Å². The molecule has 0 amide bonds. The summed E-state index contributed by atoms with van der Waals surface area (Å²) in [5, 5.41) is 0. The summed E-state index contributed by atoms with van der Waals surface area (Å²) in [7, 11) is 0. The molecule has 1 aromatic rings. The number of hydrogen-bond donors (Lipinski definition) is 1. The highest BCUT2D eigenvalue weighted by molar-refractivity contribution is 5.97. The summed E-state index contributed by atoms with van der Waals surface area (Å²) in [6, 6.07) is 1.11. The van der Waals surface area contributed by atoms with E-state index in [1.54, 1.807) is 0 Å². The molecule has 0 saturated carbocycles. The highest BCUT2D eigenvalue weighted by atomic mass is 19.1. The molecule has 0 aliphatic carbocycles. The third-order valence-electron chi connectivity index (χ3n) is 1.21. The fourth-order valence-corrected chi connectivity index (χ4v) is 0.682. The number of carbonyl (C=O) groups excluding carboxylic acids is 1. The van der Waals surface area contributed by atoms with Crippen LogP contribution in [-0.4, -0.2) is 17.3 Å². The Kier molecular flexibility index (Phi) is 2.28. The first-order chi connectivity index (χ1) is 5.24. The number of rotatable bonds is 2. The third-order valence-corrected chi connectivity index (χ3v) is 1.21. The molecular formula is C7H7FN2O. The molecule has 11 heavy (non-hydrogen) atoms. The molecule has 0 atom stereocenters. The van der Waals surface area contributed by atoms with Crippen LogP contribution in [0.1, 0.15) is 10.4 Å². The maximum absolute atomic E-state index is 12.4. The summed E-state index contributed by atoms with van der Waals surface area (Å²) in [5.74, 6) is -0.832. The van der Waals surface area contributed by atoms with Gasteiger partial charge in [-0.25, -0.2) is 4.39 Å². The molecule has 0 saturated heterocycles. The van der Waals surface area contributed by atoms with Gasteiger partial charge in [-0.1, -0.05) is 0 Å². The van der Waals surface area contributed by atoms with Crippen molar-refractivity contribution in [2.24, 2.45) is 5.73 Å². The van der Waals surface area contributed by atoms with Crippen LogP contribution in [0.3, 0.4) is 0 Å². The maximum Gasteiger partial charge on any atom is 0.178 e. The van der Waals surface area contributed by atoms with Crippen molar-refractivity contribution < 1.29 is 9.18 Å². The van der Waals surface area contributed by atoms with Gasteiger partial charge in [0.05, 0.1) is 12.7 Å². The SMILES string of the molecule is NCC(=O)c1cncc(F)c1. The van der Waals surface area contributed by atoms with Crippen molar-refractivity contribution in [3.8, 4) is 0 Å². The highest BCUT2D eigenvalue weighted by Gasteiger charge is 2.03. The Morgan fingerprint density at radius 2 is 2.36 bits per heavy atom. The van der Waals surface area contributed by atoms with Gasteiger partial charge in [0.15, 0.2) is 5.78 Å². The molecule has 1 aromatic heterocycles. The fraction of sp³-hybridized carbons (Fsp3) is 0.143. The number of halogens is 1. The van der Waals surface area contributed by atoms with Gasteiger partial charge in [0.2, 0.25) is 0 Å². The summed E-state index contributed by atoms with van der Waals surface area (Å²) < 4.78 is 12.4. The lowest BCUT2D eigenvalue weighted by Crippen LogP contribution is -2.13. The number of hydrogen-bond acceptors (Lipinski definition) is 3. The zero-order valence-electron chi connectivity index (χ0n) is 5.75. The number of ketones is 1. The van der Waals surface area contributed by atoms with E-state index >= 15 is 0 Å². The molecule has 2 N–H and O–H groups in total. The summed E-state index contributed by atoms with van der Waals surface area (Å²) in [4.78, 5) is 14.3. The van der Waals surface area contributed by atoms with Crippen LogP contribution in [0.15, 0.2) is 18.5 Å². The first kappa shape index (κ1) is 7.81. The normalized spacial score (nSPS) is 9.64. The van der Waals surface area contributed by atoms with Crippen LogP contribution in [-0.2, 0) is 0 Å². The molecule has 1 rings (SSSR count). The predicted molar refractivity (Wildman–Crippen MR) is 37.6 cm³/mol. The monoisotopic (exact) mass is 154 g/mol. The minimum atomic E-state index is -0.524. The average Bonchev–Trinajstić information content (AvgIpc) is 2.03. The average molecular weight is 154 g/mol. The Hall–Kier alpha value is -1.29. The second-order valence-corrected chi connectivity index (χ2v) is 2.02. The Morgan fingerprint density at radius 1 is 1.64 bits per heavy atom. The molecule has 0 bridgehead atoms. The van der Waals surface area contributed by atoms with Gasteiger partial charge in [-0.15, -0.1) is 0 Å². The topological polar surface area (TPSA) is 56.0 Å². The summed E-state index contributed by atoms with van der Waals surface area (Å²) in [6.45, 7) is -0.120. The van der Waals surface area contributed by atoms with Crippen molar-refractivity contribution in [3.05, 3.63) is 29.8 Å². The standard InChI is InChI=1S/C7H7FN2O/c8-6-1-5(3-10-4-6)7(11)2-9/h1,3-4H,2,9H2. The van der Waals surface area contributed by atoms with Crippen LogP contribution >= 0.6 is 0 Å². The molecule has 0 aliphatic rings. The predicted octanol–water partition coefficient (Wildman–Crippen LogP) is 0.362. The van der Waals surface area contributed by atoms with E-state index in [2.05, 4.69) is 4.98 Å². The molecule has 0 fully saturated rings. The van der Waals surface area contributed by atoms with E-state index in [9.17, 15) is 9.18 Å². The number of carbonyl (C=O) groups is 1. The zero-order chi connectivity index (χ0) is 8.27. The van der Waals surface area contributed by atoms with E-state index in [4.69, 9.17) is 5.73 Å². The Balaban J connectivity index is 2.96. The van der Waals surface area contributed by atoms with Crippen molar-refractivity contribution in [3.63, 3.8) is 0 Å². The van der Waals surface area contributed by atoms with Gasteiger partial charge in [-0.05, 0) is 6.07 Å². The van der Waals surface area contributed by atoms with E-state index in [1.165, 1.54) is 6.20 Å². The van der Waals surface area contributed by atoms with Crippen LogP contribution in [0.2, 0.25) is 0 Å². The highest BCUT2D eigenvalue weighted by Crippen LogP contribution is 2.00. The third kappa shape index (κ3) is 1.81. The van der Waals surface area contributed by atoms with Crippen molar-refractivity contribution >= 4 is 5.78 Å². The number of Topliss-reactive ketones (excluding diaryl/α,β-unsaturated/α-hetero) is 1. The van der Waals surface area contributed by atoms with Crippen LogP contribution in [0.25, 0.3) is 0 Å². The molecule has 0 radical (unpaired) electrons. The fourth-order valence-electron chi connectivity index (χ4n) is 0.682. The van der Waals surface area contributed by atoms with Crippen molar-refractivity contribution in [2.45, 2.75) is 0 Å². The lowest BCUT2D eigenvalue weighted by Gasteiger charge is -1.94. The zero-order valence-corrected chi connectivity index (χ0v) is 5.75. The summed E-state index contributed by atoms with van der Waals surface area (Å²) in [6.07, 6.45) is 2.32. The number of aromatic nitrogens is 1. The van der Waals surface area contributed by atoms with E-state index in [0.717, 1.165) is 12.3 Å². The maximum atomic E-state index is 12.4. The molecule has 0 spiro atoms. The summed E-state index contributed by atoms with van der Waals surface area (Å²) >= 11 is 0. The van der Waals surface area contributed by atoms with Crippen LogP contribution in [0.5, 0.6) is 0 Å². The second kappa shape index (κ2) is 3.21. The molecule has 58 valence electrons. The van der Waals surface area contributed by atoms with Gasteiger partial charge >= 0.3 is 0 Å². The number of nitrogens with two attached hydrogens (primary N) is 1. The minimum absolute atomic E-state index is 0.120. The van der Waals surface area contributed by atoms with E-state index in [0.29, 0.717) is 0 Å². The molecular weight excluding hydrogens is 147 g/mol.